The molecule has 1 fully saturated rings. The largest absolute Gasteiger partial charge is 0.493 e. The lowest BCUT2D eigenvalue weighted by Gasteiger charge is -2.36. The number of halogens is 1. The number of piperazine rings is 1. The Morgan fingerprint density at radius 2 is 1.20 bits per heavy atom. The summed E-state index contributed by atoms with van der Waals surface area (Å²) in [5.41, 5.74) is 5.96. The summed E-state index contributed by atoms with van der Waals surface area (Å²) in [5.74, 6) is 2.54. The number of anilines is 1. The Bertz CT molecular complexity index is 1930. The van der Waals surface area contributed by atoms with Crippen molar-refractivity contribution >= 4 is 28.1 Å². The third-order valence-electron chi connectivity index (χ3n) is 9.46. The second kappa shape index (κ2) is 16.0. The quantitative estimate of drug-likeness (QED) is 0.123. The lowest BCUT2D eigenvalue weighted by atomic mass is 9.88. The molecule has 4 aromatic carbocycles. The summed E-state index contributed by atoms with van der Waals surface area (Å²) in [6.07, 6.45) is 2.99. The molecule has 0 N–H and O–H groups in total. The lowest BCUT2D eigenvalue weighted by Crippen LogP contribution is -2.46. The van der Waals surface area contributed by atoms with Gasteiger partial charge in [0.05, 0.1) is 39.1 Å². The molecular formula is C40H44ClN3O6. The Morgan fingerprint density at radius 3 is 1.74 bits per heavy atom. The summed E-state index contributed by atoms with van der Waals surface area (Å²) in [7, 11) is 9.96. The number of fused-ring (bicyclic) bond motifs is 1. The lowest BCUT2D eigenvalue weighted by molar-refractivity contribution is 0.118. The Hall–Kier alpha value is -4.54. The minimum atomic E-state index is -0.452. The fourth-order valence-electron chi connectivity index (χ4n) is 6.91. The van der Waals surface area contributed by atoms with Crippen molar-refractivity contribution in [2.75, 3.05) is 73.7 Å². The van der Waals surface area contributed by atoms with Gasteiger partial charge in [-0.15, -0.1) is 0 Å². The molecule has 5 aromatic rings. The van der Waals surface area contributed by atoms with Crippen molar-refractivity contribution in [2.24, 2.45) is 0 Å². The van der Waals surface area contributed by atoms with Gasteiger partial charge in [0.2, 0.25) is 0 Å². The van der Waals surface area contributed by atoms with Crippen molar-refractivity contribution in [3.8, 4) is 23.0 Å². The number of hydrogen-bond acceptors (Lipinski definition) is 9. The average Bonchev–Trinajstić information content (AvgIpc) is 3.16. The highest BCUT2D eigenvalue weighted by atomic mass is 35.5. The van der Waals surface area contributed by atoms with Gasteiger partial charge in [-0.25, -0.2) is 0 Å². The molecular weight excluding hydrogens is 654 g/mol. The topological polar surface area (TPSA) is 74.8 Å². The molecule has 0 radical (unpaired) electrons. The number of methoxy groups -OCH3 is 6. The van der Waals surface area contributed by atoms with Crippen molar-refractivity contribution in [3.05, 3.63) is 118 Å². The summed E-state index contributed by atoms with van der Waals surface area (Å²) in [4.78, 5) is 9.53. The number of hydrogen-bond donors (Lipinski definition) is 0. The minimum Gasteiger partial charge on any atom is -0.493 e. The number of nitrogens with zero attached hydrogens (tertiary/aromatic N) is 3. The van der Waals surface area contributed by atoms with Crippen LogP contribution in [0.4, 0.5) is 5.69 Å². The van der Waals surface area contributed by atoms with Crippen LogP contribution in [0.2, 0.25) is 5.02 Å². The standard InChI is InChI=1S/C40H44ClN3O6/c1-45-35-13-11-26(20-37(35)47-3)39(49-5)31-19-28-23-42-24-29(25-43-15-17-44(18-16-43)34-10-8-7-9-33(34)41)30(28)22-32(31)40(50-6)27-12-14-36(46-2)38(21-27)48-4/h7-14,19-24,39-40H,15-18,25H2,1-6H3. The third-order valence-corrected chi connectivity index (χ3v) is 9.78. The maximum atomic E-state index is 6.52. The second-order valence-corrected chi connectivity index (χ2v) is 12.6. The highest BCUT2D eigenvalue weighted by molar-refractivity contribution is 6.33. The Labute approximate surface area is 299 Å². The van der Waals surface area contributed by atoms with Gasteiger partial charge in [-0.05, 0) is 81.7 Å². The van der Waals surface area contributed by atoms with Gasteiger partial charge in [-0.1, -0.05) is 35.9 Å². The van der Waals surface area contributed by atoms with Crippen LogP contribution in [-0.4, -0.2) is 78.7 Å². The molecule has 1 aliphatic rings. The van der Waals surface area contributed by atoms with Gasteiger partial charge in [0.15, 0.2) is 23.0 Å². The fourth-order valence-corrected chi connectivity index (χ4v) is 7.16. The van der Waals surface area contributed by atoms with Gasteiger partial charge in [0.25, 0.3) is 0 Å². The molecule has 2 heterocycles. The smallest absolute Gasteiger partial charge is 0.161 e. The zero-order chi connectivity index (χ0) is 35.2. The SMILES string of the molecule is COc1ccc(C(OC)c2cc3cncc(CN4CCN(c5ccccc5Cl)CC4)c3cc2C(OC)c2ccc(OC)c(OC)c2)cc1OC. The highest BCUT2D eigenvalue weighted by Gasteiger charge is 2.27. The molecule has 2 unspecified atom stereocenters. The predicted octanol–water partition coefficient (Wildman–Crippen LogP) is 7.72. The molecule has 0 spiro atoms. The normalized spacial score (nSPS) is 14.7. The van der Waals surface area contributed by atoms with E-state index in [4.69, 9.17) is 45.0 Å². The summed E-state index contributed by atoms with van der Waals surface area (Å²) in [6.45, 7) is 4.36. The molecule has 0 bridgehead atoms. The van der Waals surface area contributed by atoms with Crippen molar-refractivity contribution in [1.82, 2.24) is 9.88 Å². The maximum absolute atomic E-state index is 6.52. The van der Waals surface area contributed by atoms with E-state index in [1.165, 1.54) is 0 Å². The molecule has 9 nitrogen and oxygen atoms in total. The third kappa shape index (κ3) is 7.18. The van der Waals surface area contributed by atoms with Crippen LogP contribution in [0.5, 0.6) is 23.0 Å². The van der Waals surface area contributed by atoms with Gasteiger partial charge in [0.1, 0.15) is 12.2 Å². The number of pyridine rings is 1. The number of para-hydroxylation sites is 1. The summed E-state index contributed by atoms with van der Waals surface area (Å²) < 4.78 is 35.0. The number of benzene rings is 4. The zero-order valence-electron chi connectivity index (χ0n) is 29.4. The molecule has 0 amide bonds. The van der Waals surface area contributed by atoms with Crippen molar-refractivity contribution in [2.45, 2.75) is 18.8 Å². The van der Waals surface area contributed by atoms with Crippen LogP contribution in [-0.2, 0) is 16.0 Å². The van der Waals surface area contributed by atoms with E-state index in [1.54, 1.807) is 42.7 Å². The van der Waals surface area contributed by atoms with Gasteiger partial charge in [0, 0.05) is 64.7 Å². The molecule has 0 aliphatic carbocycles. The maximum Gasteiger partial charge on any atom is 0.161 e. The monoisotopic (exact) mass is 697 g/mol. The number of ether oxygens (including phenoxy) is 6. The second-order valence-electron chi connectivity index (χ2n) is 12.2. The zero-order valence-corrected chi connectivity index (χ0v) is 30.2. The first-order valence-corrected chi connectivity index (χ1v) is 16.9. The first-order valence-electron chi connectivity index (χ1n) is 16.5. The van der Waals surface area contributed by atoms with Crippen LogP contribution in [0.15, 0.2) is 85.2 Å². The predicted molar refractivity (Wildman–Crippen MR) is 197 cm³/mol. The van der Waals surface area contributed by atoms with Crippen LogP contribution in [0, 0.1) is 0 Å². The first-order chi connectivity index (χ1) is 24.4. The molecule has 10 heteroatoms. The van der Waals surface area contributed by atoms with E-state index in [9.17, 15) is 0 Å². The Kier molecular flexibility index (Phi) is 11.3. The van der Waals surface area contributed by atoms with Crippen LogP contribution in [0.3, 0.4) is 0 Å². The summed E-state index contributed by atoms with van der Waals surface area (Å²) in [6, 6.07) is 24.2. The van der Waals surface area contributed by atoms with Gasteiger partial charge < -0.3 is 33.3 Å². The molecule has 1 aromatic heterocycles. The first kappa shape index (κ1) is 35.3. The molecule has 50 heavy (non-hydrogen) atoms. The molecule has 6 rings (SSSR count). The molecule has 1 saturated heterocycles. The van der Waals surface area contributed by atoms with Crippen LogP contribution < -0.4 is 23.8 Å². The van der Waals surface area contributed by atoms with Gasteiger partial charge in [-0.3, -0.25) is 9.88 Å². The minimum absolute atomic E-state index is 0.450. The van der Waals surface area contributed by atoms with E-state index < -0.39 is 12.2 Å². The van der Waals surface area contributed by atoms with E-state index in [1.807, 2.05) is 67.0 Å². The van der Waals surface area contributed by atoms with E-state index in [-0.39, 0.29) is 0 Å². The van der Waals surface area contributed by atoms with Crippen molar-refractivity contribution in [1.29, 1.82) is 0 Å². The van der Waals surface area contributed by atoms with Crippen LogP contribution in [0.25, 0.3) is 10.8 Å². The Morgan fingerprint density at radius 1 is 0.640 bits per heavy atom. The fraction of sp³-hybridized carbons (Fsp3) is 0.325. The molecule has 1 aliphatic heterocycles. The van der Waals surface area contributed by atoms with E-state index >= 15 is 0 Å². The van der Waals surface area contributed by atoms with Gasteiger partial charge >= 0.3 is 0 Å². The molecule has 0 saturated carbocycles. The Balaban J connectivity index is 1.42. The molecule has 262 valence electrons. The molecule has 2 atom stereocenters. The van der Waals surface area contributed by atoms with Crippen LogP contribution in [0.1, 0.15) is 40.0 Å². The number of rotatable bonds is 13. The van der Waals surface area contributed by atoms with E-state index in [0.29, 0.717) is 23.0 Å². The van der Waals surface area contributed by atoms with Crippen molar-refractivity contribution < 1.29 is 28.4 Å². The van der Waals surface area contributed by atoms with E-state index in [0.717, 1.165) is 82.0 Å². The van der Waals surface area contributed by atoms with Gasteiger partial charge in [-0.2, -0.15) is 0 Å². The van der Waals surface area contributed by atoms with Crippen molar-refractivity contribution in [3.63, 3.8) is 0 Å². The average molecular weight is 698 g/mol. The van der Waals surface area contributed by atoms with E-state index in [2.05, 4.69) is 28.0 Å². The summed E-state index contributed by atoms with van der Waals surface area (Å²) >= 11 is 6.52. The summed E-state index contributed by atoms with van der Waals surface area (Å²) in [5, 5.41) is 2.91. The highest BCUT2D eigenvalue weighted by Crippen LogP contribution is 2.42. The number of aromatic nitrogens is 1. The van der Waals surface area contributed by atoms with Crippen LogP contribution >= 0.6 is 11.6 Å².